The van der Waals surface area contributed by atoms with Crippen LogP contribution in [0, 0.1) is 6.92 Å². The maximum absolute atomic E-state index is 12.8. The summed E-state index contributed by atoms with van der Waals surface area (Å²) in [6.45, 7) is 2.26. The molecule has 148 valence electrons. The number of nitrogens with zero attached hydrogens (tertiary/aromatic N) is 3. The predicted octanol–water partition coefficient (Wildman–Crippen LogP) is 4.68. The molecule has 0 saturated heterocycles. The zero-order chi connectivity index (χ0) is 20.8. The molecule has 30 heavy (non-hydrogen) atoms. The van der Waals surface area contributed by atoms with Gasteiger partial charge in [0.15, 0.2) is 5.82 Å². The fourth-order valence-corrected chi connectivity index (χ4v) is 2.91. The van der Waals surface area contributed by atoms with Gasteiger partial charge in [0.2, 0.25) is 0 Å². The molecular weight excluding hydrogens is 376 g/mol. The number of ether oxygens (including phenoxy) is 1. The van der Waals surface area contributed by atoms with Crippen LogP contribution in [0.25, 0.3) is 11.4 Å². The van der Waals surface area contributed by atoms with E-state index >= 15 is 0 Å². The van der Waals surface area contributed by atoms with Gasteiger partial charge >= 0.3 is 0 Å². The number of hydrogen-bond donors (Lipinski definition) is 1. The molecular formula is C24H20N4O2. The first kappa shape index (κ1) is 19.3. The molecule has 4 aromatic rings. The Kier molecular flexibility index (Phi) is 5.75. The number of carbonyl (C=O) groups excluding carboxylic acids is 1. The van der Waals surface area contributed by atoms with E-state index in [1.165, 1.54) is 0 Å². The average molecular weight is 396 g/mol. The summed E-state index contributed by atoms with van der Waals surface area (Å²) in [5.74, 6) is 0.932. The molecule has 0 atom stereocenters. The Hall–Kier alpha value is -4.06. The Morgan fingerprint density at radius 1 is 0.967 bits per heavy atom. The molecule has 0 radical (unpaired) electrons. The Morgan fingerprint density at radius 2 is 1.80 bits per heavy atom. The van der Waals surface area contributed by atoms with Crippen molar-refractivity contribution in [2.24, 2.45) is 0 Å². The van der Waals surface area contributed by atoms with Crippen LogP contribution < -0.4 is 10.1 Å². The van der Waals surface area contributed by atoms with Crippen LogP contribution in [0.1, 0.15) is 21.6 Å². The van der Waals surface area contributed by atoms with Crippen LogP contribution >= 0.6 is 0 Å². The van der Waals surface area contributed by atoms with Crippen LogP contribution in [0.4, 0.5) is 5.69 Å². The van der Waals surface area contributed by atoms with Gasteiger partial charge in [-0.3, -0.25) is 9.78 Å². The van der Waals surface area contributed by atoms with Crippen molar-refractivity contribution in [2.75, 3.05) is 5.32 Å². The van der Waals surface area contributed by atoms with E-state index in [1.54, 1.807) is 30.7 Å². The number of benzene rings is 2. The fraction of sp³-hybridized carbons (Fsp3) is 0.0833. The molecule has 0 fully saturated rings. The quantitative estimate of drug-likeness (QED) is 0.512. The number of pyridine rings is 1. The SMILES string of the molecule is Cc1ccnc(-c2ccc(NC(=O)c3ccccc3OCc3cccnc3)cc2)n1. The van der Waals surface area contributed by atoms with Crippen molar-refractivity contribution in [3.63, 3.8) is 0 Å². The first-order valence-corrected chi connectivity index (χ1v) is 9.51. The molecule has 2 aromatic carbocycles. The summed E-state index contributed by atoms with van der Waals surface area (Å²) in [6, 6.07) is 20.2. The van der Waals surface area contributed by atoms with E-state index in [0.29, 0.717) is 29.4 Å². The number of hydrogen-bond acceptors (Lipinski definition) is 5. The Labute approximate surface area is 174 Å². The van der Waals surface area contributed by atoms with Gasteiger partial charge < -0.3 is 10.1 Å². The normalized spacial score (nSPS) is 10.4. The van der Waals surface area contributed by atoms with E-state index in [0.717, 1.165) is 16.8 Å². The van der Waals surface area contributed by atoms with Gasteiger partial charge in [-0.05, 0) is 55.5 Å². The van der Waals surface area contributed by atoms with Crippen LogP contribution in [0.3, 0.4) is 0 Å². The summed E-state index contributed by atoms with van der Waals surface area (Å²) in [4.78, 5) is 25.6. The van der Waals surface area contributed by atoms with Gasteiger partial charge in [-0.2, -0.15) is 0 Å². The summed E-state index contributed by atoms with van der Waals surface area (Å²) in [7, 11) is 0. The lowest BCUT2D eigenvalue weighted by Gasteiger charge is -2.12. The van der Waals surface area contributed by atoms with Gasteiger partial charge in [0, 0.05) is 41.1 Å². The number of nitrogens with one attached hydrogen (secondary N) is 1. The molecule has 0 bridgehead atoms. The molecule has 4 rings (SSSR count). The molecule has 0 saturated carbocycles. The highest BCUT2D eigenvalue weighted by Crippen LogP contribution is 2.22. The molecule has 1 amide bonds. The molecule has 0 aliphatic rings. The number of aromatic nitrogens is 3. The number of amides is 1. The third kappa shape index (κ3) is 4.67. The highest BCUT2D eigenvalue weighted by molar-refractivity contribution is 6.06. The number of rotatable bonds is 6. The summed E-state index contributed by atoms with van der Waals surface area (Å²) < 4.78 is 5.85. The minimum Gasteiger partial charge on any atom is -0.488 e. The van der Waals surface area contributed by atoms with Gasteiger partial charge in [-0.1, -0.05) is 18.2 Å². The lowest BCUT2D eigenvalue weighted by Crippen LogP contribution is -2.13. The van der Waals surface area contributed by atoms with Crippen molar-refractivity contribution >= 4 is 11.6 Å². The van der Waals surface area contributed by atoms with Gasteiger partial charge in [0.05, 0.1) is 5.56 Å². The van der Waals surface area contributed by atoms with Crippen LogP contribution in [0.15, 0.2) is 85.3 Å². The Balaban J connectivity index is 1.46. The van der Waals surface area contributed by atoms with Gasteiger partial charge in [-0.15, -0.1) is 0 Å². The van der Waals surface area contributed by atoms with E-state index in [9.17, 15) is 4.79 Å². The maximum atomic E-state index is 12.8. The lowest BCUT2D eigenvalue weighted by molar-refractivity contribution is 0.102. The highest BCUT2D eigenvalue weighted by atomic mass is 16.5. The monoisotopic (exact) mass is 396 g/mol. The molecule has 1 N–H and O–H groups in total. The van der Waals surface area contributed by atoms with Gasteiger partial charge in [0.1, 0.15) is 12.4 Å². The summed E-state index contributed by atoms with van der Waals surface area (Å²) in [5.41, 5.74) is 3.87. The van der Waals surface area contributed by atoms with Crippen LogP contribution in [0.2, 0.25) is 0 Å². The first-order valence-electron chi connectivity index (χ1n) is 9.51. The van der Waals surface area contributed by atoms with Crippen LogP contribution in [0.5, 0.6) is 5.75 Å². The average Bonchev–Trinajstić information content (AvgIpc) is 2.79. The first-order chi connectivity index (χ1) is 14.7. The van der Waals surface area contributed by atoms with E-state index in [4.69, 9.17) is 4.74 Å². The van der Waals surface area contributed by atoms with Crippen molar-refractivity contribution in [1.29, 1.82) is 0 Å². The number of aryl methyl sites for hydroxylation is 1. The highest BCUT2D eigenvalue weighted by Gasteiger charge is 2.13. The van der Waals surface area contributed by atoms with Gasteiger partial charge in [-0.25, -0.2) is 9.97 Å². The summed E-state index contributed by atoms with van der Waals surface area (Å²) in [5, 5.41) is 2.91. The minimum absolute atomic E-state index is 0.239. The second kappa shape index (κ2) is 8.96. The van der Waals surface area contributed by atoms with E-state index in [-0.39, 0.29) is 5.91 Å². The molecule has 2 aromatic heterocycles. The summed E-state index contributed by atoms with van der Waals surface area (Å²) >= 11 is 0. The topological polar surface area (TPSA) is 77.0 Å². The zero-order valence-electron chi connectivity index (χ0n) is 16.4. The third-order valence-electron chi connectivity index (χ3n) is 4.44. The standard InChI is InChI=1S/C24H20N4O2/c1-17-12-14-26-23(27-17)19-8-10-20(11-9-19)28-24(29)21-6-2-3-7-22(21)30-16-18-5-4-13-25-15-18/h2-15H,16H2,1H3,(H,28,29). The molecule has 0 unspecified atom stereocenters. The van der Waals surface area contributed by atoms with Gasteiger partial charge in [0.25, 0.3) is 5.91 Å². The Bertz CT molecular complexity index is 1150. The largest absolute Gasteiger partial charge is 0.488 e. The molecule has 2 heterocycles. The molecule has 0 spiro atoms. The smallest absolute Gasteiger partial charge is 0.259 e. The lowest BCUT2D eigenvalue weighted by atomic mass is 10.1. The minimum atomic E-state index is -0.239. The second-order valence-corrected chi connectivity index (χ2v) is 6.70. The molecule has 6 heteroatoms. The second-order valence-electron chi connectivity index (χ2n) is 6.70. The van der Waals surface area contributed by atoms with E-state index in [1.807, 2.05) is 61.5 Å². The van der Waals surface area contributed by atoms with Crippen molar-refractivity contribution in [1.82, 2.24) is 15.0 Å². The number of para-hydroxylation sites is 1. The van der Waals surface area contributed by atoms with Crippen molar-refractivity contribution in [3.05, 3.63) is 102 Å². The third-order valence-corrected chi connectivity index (χ3v) is 4.44. The van der Waals surface area contributed by atoms with Crippen molar-refractivity contribution < 1.29 is 9.53 Å². The Morgan fingerprint density at radius 3 is 2.57 bits per heavy atom. The zero-order valence-corrected chi connectivity index (χ0v) is 16.4. The van der Waals surface area contributed by atoms with Crippen LogP contribution in [-0.2, 0) is 6.61 Å². The van der Waals surface area contributed by atoms with Crippen molar-refractivity contribution in [2.45, 2.75) is 13.5 Å². The molecule has 6 nitrogen and oxygen atoms in total. The van der Waals surface area contributed by atoms with E-state index in [2.05, 4.69) is 20.3 Å². The molecule has 0 aliphatic carbocycles. The number of carbonyl (C=O) groups is 1. The molecule has 0 aliphatic heterocycles. The van der Waals surface area contributed by atoms with E-state index < -0.39 is 0 Å². The maximum Gasteiger partial charge on any atom is 0.259 e. The number of anilines is 1. The fourth-order valence-electron chi connectivity index (χ4n) is 2.91. The van der Waals surface area contributed by atoms with Crippen LogP contribution in [-0.4, -0.2) is 20.9 Å². The predicted molar refractivity (Wildman–Crippen MR) is 115 cm³/mol. The summed E-state index contributed by atoms with van der Waals surface area (Å²) in [6.07, 6.45) is 5.18. The van der Waals surface area contributed by atoms with Crippen molar-refractivity contribution in [3.8, 4) is 17.1 Å².